The zero-order valence-corrected chi connectivity index (χ0v) is 14.8. The number of amides is 1. The summed E-state index contributed by atoms with van der Waals surface area (Å²) >= 11 is 1.38. The van der Waals surface area contributed by atoms with Crippen LogP contribution in [0.1, 0.15) is 19.7 Å². The molecule has 130 valence electrons. The topological polar surface area (TPSA) is 102 Å². The van der Waals surface area contributed by atoms with Crippen molar-refractivity contribution in [3.63, 3.8) is 0 Å². The van der Waals surface area contributed by atoms with E-state index in [1.54, 1.807) is 17.9 Å². The summed E-state index contributed by atoms with van der Waals surface area (Å²) in [6.45, 7) is 3.45. The summed E-state index contributed by atoms with van der Waals surface area (Å²) in [6.07, 6.45) is 0.880. The molecule has 4 atom stereocenters. The van der Waals surface area contributed by atoms with Gasteiger partial charge in [-0.3, -0.25) is 4.79 Å². The van der Waals surface area contributed by atoms with E-state index < -0.39 is 18.0 Å². The number of carboxylic acid groups (broad SMARTS) is 1. The number of rotatable bonds is 5. The van der Waals surface area contributed by atoms with Crippen molar-refractivity contribution >= 4 is 23.6 Å². The van der Waals surface area contributed by atoms with E-state index in [2.05, 4.69) is 5.10 Å². The number of aliphatic hydroxyl groups excluding tert-OH is 1. The van der Waals surface area contributed by atoms with Gasteiger partial charge in [-0.05, 0) is 6.92 Å². The highest BCUT2D eigenvalue weighted by Crippen LogP contribution is 2.50. The van der Waals surface area contributed by atoms with E-state index in [0.29, 0.717) is 10.7 Å². The first-order valence-electron chi connectivity index (χ1n) is 7.71. The monoisotopic (exact) mass is 352 g/mol. The van der Waals surface area contributed by atoms with Gasteiger partial charge in [-0.2, -0.15) is 0 Å². The van der Waals surface area contributed by atoms with Crippen LogP contribution in [0.4, 0.5) is 0 Å². The van der Waals surface area contributed by atoms with Crippen molar-refractivity contribution < 1.29 is 24.4 Å². The van der Waals surface area contributed by atoms with Gasteiger partial charge < -0.3 is 19.9 Å². The average molecular weight is 352 g/mol. The van der Waals surface area contributed by atoms with Crippen LogP contribution >= 0.6 is 11.8 Å². The minimum absolute atomic E-state index is 0.0516. The van der Waals surface area contributed by atoms with Gasteiger partial charge in [0.05, 0.1) is 49.6 Å². The molecule has 0 unspecified atom stereocenters. The third-order valence-electron chi connectivity index (χ3n) is 4.84. The molecule has 3 rings (SSSR count). The van der Waals surface area contributed by atoms with Crippen molar-refractivity contribution in [1.29, 1.82) is 0 Å². The van der Waals surface area contributed by atoms with Gasteiger partial charge in [0.25, 0.3) is 6.33 Å². The number of aliphatic carboxylic acids is 1. The van der Waals surface area contributed by atoms with E-state index in [1.807, 2.05) is 25.6 Å². The van der Waals surface area contributed by atoms with Crippen LogP contribution in [0, 0.1) is 11.8 Å². The number of hydrogen-bond donors (Lipinski definition) is 1. The third-order valence-corrected chi connectivity index (χ3v) is 6.12. The van der Waals surface area contributed by atoms with Crippen molar-refractivity contribution in [2.45, 2.75) is 31.7 Å². The third kappa shape index (κ3) is 2.34. The molecule has 0 radical (unpaired) electrons. The lowest BCUT2D eigenvalue weighted by Crippen LogP contribution is -2.64. The van der Waals surface area contributed by atoms with Crippen LogP contribution in [0.25, 0.3) is 0 Å². The number of β-lactam (4-membered cyclic amide) rings is 1. The maximum atomic E-state index is 12.2. The molecule has 0 aliphatic carbocycles. The van der Waals surface area contributed by atoms with Crippen LogP contribution in [0.3, 0.4) is 0 Å². The minimum Gasteiger partial charge on any atom is -0.543 e. The maximum absolute atomic E-state index is 12.2. The van der Waals surface area contributed by atoms with Gasteiger partial charge in [0.2, 0.25) is 11.7 Å². The van der Waals surface area contributed by atoms with E-state index in [9.17, 15) is 19.8 Å². The molecule has 1 saturated heterocycles. The van der Waals surface area contributed by atoms with Gasteiger partial charge in [-0.15, -0.1) is 16.4 Å². The molecule has 0 spiro atoms. The number of thioether (sulfide) groups is 1. The summed E-state index contributed by atoms with van der Waals surface area (Å²) in [5.41, 5.74) is -0.0516. The Balaban J connectivity index is 1.88. The Bertz CT molecular complexity index is 722. The maximum Gasteiger partial charge on any atom is 0.265 e. The molecule has 1 aromatic heterocycles. The van der Waals surface area contributed by atoms with E-state index in [-0.39, 0.29) is 23.6 Å². The van der Waals surface area contributed by atoms with E-state index in [4.69, 9.17) is 0 Å². The second-order valence-corrected chi connectivity index (χ2v) is 7.34. The lowest BCUT2D eigenvalue weighted by atomic mass is 9.79. The predicted octanol–water partition coefficient (Wildman–Crippen LogP) is -1.70. The fourth-order valence-corrected chi connectivity index (χ4v) is 4.96. The number of carbonyl (C=O) groups is 2. The molecule has 1 aromatic rings. The van der Waals surface area contributed by atoms with Gasteiger partial charge in [0.15, 0.2) is 0 Å². The van der Waals surface area contributed by atoms with E-state index in [0.717, 1.165) is 5.82 Å². The summed E-state index contributed by atoms with van der Waals surface area (Å²) in [6, 6.07) is -0.312. The van der Waals surface area contributed by atoms with Crippen molar-refractivity contribution in [3.05, 3.63) is 22.8 Å². The number of aromatic nitrogens is 3. The highest BCUT2D eigenvalue weighted by Gasteiger charge is 2.58. The smallest absolute Gasteiger partial charge is 0.265 e. The number of carboxylic acids is 1. The molecule has 24 heavy (non-hydrogen) atoms. The molecule has 1 N–H and O–H groups in total. The Labute approximate surface area is 143 Å². The van der Waals surface area contributed by atoms with Crippen LogP contribution in [0.2, 0.25) is 0 Å². The largest absolute Gasteiger partial charge is 0.543 e. The quantitative estimate of drug-likeness (QED) is 0.500. The highest BCUT2D eigenvalue weighted by atomic mass is 32.2. The standard InChI is InChI=1S/C15H20N4O4S/c1-7-11-10(8(2)20)14(21)19(11)12(15(22)23)13(7)24-5-9-17(3)6-16-18(9)4/h6-8,10-11,20H,5H2,1-4H3/t7-,8-,10-,11-/m1/s1. The van der Waals surface area contributed by atoms with E-state index >= 15 is 0 Å². The summed E-state index contributed by atoms with van der Waals surface area (Å²) in [4.78, 5) is 25.8. The van der Waals surface area contributed by atoms with E-state index in [1.165, 1.54) is 16.7 Å². The molecule has 3 heterocycles. The number of fused-ring (bicyclic) bond motifs is 1. The fourth-order valence-electron chi connectivity index (χ4n) is 3.56. The summed E-state index contributed by atoms with van der Waals surface area (Å²) in [7, 11) is 3.69. The normalized spacial score (nSPS) is 27.3. The van der Waals surface area contributed by atoms with Gasteiger partial charge in [0.1, 0.15) is 0 Å². The first kappa shape index (κ1) is 17.0. The Kier molecular flexibility index (Phi) is 4.16. The first-order valence-corrected chi connectivity index (χ1v) is 8.70. The van der Waals surface area contributed by atoms with Crippen molar-refractivity contribution in [3.8, 4) is 0 Å². The van der Waals surface area contributed by atoms with Crippen LogP contribution in [0.15, 0.2) is 16.9 Å². The Morgan fingerprint density at radius 3 is 2.75 bits per heavy atom. The lowest BCUT2D eigenvalue weighted by molar-refractivity contribution is -0.678. The molecule has 8 nitrogen and oxygen atoms in total. The molecule has 9 heteroatoms. The van der Waals surface area contributed by atoms with Gasteiger partial charge in [-0.25, -0.2) is 4.57 Å². The van der Waals surface area contributed by atoms with Gasteiger partial charge in [0, 0.05) is 15.9 Å². The number of nitrogens with zero attached hydrogens (tertiary/aromatic N) is 4. The van der Waals surface area contributed by atoms with Crippen LogP contribution in [-0.4, -0.2) is 43.8 Å². The molecule has 2 aliphatic heterocycles. The number of aliphatic hydroxyl groups is 1. The van der Waals surface area contributed by atoms with Crippen molar-refractivity contribution in [1.82, 2.24) is 14.7 Å². The zero-order chi connectivity index (χ0) is 17.8. The Morgan fingerprint density at radius 1 is 1.58 bits per heavy atom. The lowest BCUT2D eigenvalue weighted by Gasteiger charge is -2.47. The molecule has 1 fully saturated rings. The van der Waals surface area contributed by atoms with Crippen LogP contribution < -0.4 is 9.67 Å². The van der Waals surface area contributed by atoms with Gasteiger partial charge in [-0.1, -0.05) is 6.92 Å². The second kappa shape index (κ2) is 5.89. The Morgan fingerprint density at radius 2 is 2.25 bits per heavy atom. The molecular formula is C15H20N4O4S. The fraction of sp³-hybridized carbons (Fsp3) is 0.600. The number of aryl methyl sites for hydroxylation is 2. The molecule has 0 bridgehead atoms. The van der Waals surface area contributed by atoms with Crippen LogP contribution in [-0.2, 0) is 29.4 Å². The van der Waals surface area contributed by atoms with Crippen molar-refractivity contribution in [2.75, 3.05) is 0 Å². The zero-order valence-electron chi connectivity index (χ0n) is 14.0. The molecular weight excluding hydrogens is 332 g/mol. The second-order valence-electron chi connectivity index (χ2n) is 6.32. The summed E-state index contributed by atoms with van der Waals surface area (Å²) in [5.74, 6) is -0.956. The summed E-state index contributed by atoms with van der Waals surface area (Å²) in [5, 5.41) is 25.6. The SMILES string of the molecule is C[C@@H](O)[C@H]1C(=O)N2C(C(=O)[O-])=C(SCc3n(C)nc[n+]3C)[C@H](C)[C@H]12. The first-order chi connectivity index (χ1) is 11.3. The van der Waals surface area contributed by atoms with Crippen LogP contribution in [0.5, 0.6) is 0 Å². The number of carbonyl (C=O) groups excluding carboxylic acids is 2. The molecule has 2 aliphatic rings. The molecule has 1 amide bonds. The summed E-state index contributed by atoms with van der Waals surface area (Å²) < 4.78 is 3.59. The van der Waals surface area contributed by atoms with Crippen molar-refractivity contribution in [2.24, 2.45) is 25.9 Å². The average Bonchev–Trinajstić information content (AvgIpc) is 2.93. The Hall–Kier alpha value is -1.87. The molecule has 0 saturated carbocycles. The van der Waals surface area contributed by atoms with Gasteiger partial charge >= 0.3 is 0 Å². The molecule has 0 aromatic carbocycles. The highest BCUT2D eigenvalue weighted by molar-refractivity contribution is 8.02. The minimum atomic E-state index is -1.35. The number of hydrogen-bond acceptors (Lipinski definition) is 6. The predicted molar refractivity (Wildman–Crippen MR) is 82.7 cm³/mol.